The van der Waals surface area contributed by atoms with E-state index in [1.165, 1.54) is 5.06 Å². The highest BCUT2D eigenvalue weighted by Crippen LogP contribution is 2.41. The van der Waals surface area contributed by atoms with Crippen LogP contribution in [0, 0.1) is 0 Å². The van der Waals surface area contributed by atoms with Gasteiger partial charge in [0.25, 0.3) is 0 Å². The van der Waals surface area contributed by atoms with Crippen LogP contribution in [0.5, 0.6) is 5.75 Å². The minimum absolute atomic E-state index is 0.189. The zero-order valence-electron chi connectivity index (χ0n) is 17.1. The van der Waals surface area contributed by atoms with Gasteiger partial charge in [-0.25, -0.2) is 9.37 Å². The molecule has 1 unspecified atom stereocenters. The molecule has 0 aliphatic carbocycles. The van der Waals surface area contributed by atoms with Crippen LogP contribution in [0.1, 0.15) is 45.4 Å². The average molecular weight is 461 g/mol. The molecular formula is C20H30Cl2N4O2S. The Kier molecular flexibility index (Phi) is 8.50. The molecule has 1 N–H and O–H groups in total. The van der Waals surface area contributed by atoms with Crippen LogP contribution in [-0.4, -0.2) is 56.2 Å². The lowest BCUT2D eigenvalue weighted by atomic mass is 10.2. The van der Waals surface area contributed by atoms with Crippen LogP contribution < -0.4 is 4.74 Å². The van der Waals surface area contributed by atoms with Crippen molar-refractivity contribution in [3.63, 3.8) is 0 Å². The number of nitrogens with zero attached hydrogens (tertiary/aromatic N) is 4. The summed E-state index contributed by atoms with van der Waals surface area (Å²) in [7, 11) is 2.05. The lowest BCUT2D eigenvalue weighted by Crippen LogP contribution is -2.37. The van der Waals surface area contributed by atoms with Gasteiger partial charge in [-0.3, -0.25) is 13.9 Å². The smallest absolute Gasteiger partial charge is 0.164 e. The van der Waals surface area contributed by atoms with Crippen LogP contribution in [-0.2, 0) is 0 Å². The summed E-state index contributed by atoms with van der Waals surface area (Å²) < 4.78 is 11.8. The summed E-state index contributed by atoms with van der Waals surface area (Å²) in [6.45, 7) is 4.40. The first-order valence-corrected chi connectivity index (χ1v) is 11.7. The second kappa shape index (κ2) is 10.9. The lowest BCUT2D eigenvalue weighted by Gasteiger charge is -2.35. The van der Waals surface area contributed by atoms with Crippen LogP contribution >= 0.6 is 35.5 Å². The highest BCUT2D eigenvalue weighted by Gasteiger charge is 2.42. The average Bonchev–Trinajstić information content (AvgIpc) is 2.93. The van der Waals surface area contributed by atoms with Gasteiger partial charge in [-0.2, -0.15) is 0 Å². The maximum atomic E-state index is 10.7. The maximum absolute atomic E-state index is 10.7. The van der Waals surface area contributed by atoms with Gasteiger partial charge in [0.15, 0.2) is 5.82 Å². The highest BCUT2D eigenvalue weighted by atomic mass is 35.5. The van der Waals surface area contributed by atoms with Crippen molar-refractivity contribution < 1.29 is 9.94 Å². The van der Waals surface area contributed by atoms with Crippen LogP contribution in [0.2, 0.25) is 5.02 Å². The molecule has 29 heavy (non-hydrogen) atoms. The second-order valence-electron chi connectivity index (χ2n) is 7.38. The van der Waals surface area contributed by atoms with E-state index in [-0.39, 0.29) is 6.17 Å². The standard InChI is InChI=1S/C20H30Cl2N4O2S/c1-3-8-19-25(22)18-15-23(2)29-24(20(18)26(19)27)13-6-4-5-7-14-28-17-11-9-16(21)10-12-17/h9-12,19,27H,3-8,13-15H2,1-2H3. The Morgan fingerprint density at radius 2 is 1.90 bits per heavy atom. The highest BCUT2D eigenvalue weighted by molar-refractivity contribution is 7.94. The van der Waals surface area contributed by atoms with Gasteiger partial charge in [-0.05, 0) is 50.6 Å². The SMILES string of the molecule is CCCC1N(O)C2=C(CN(C)SN2CCCCCCOc2ccc(Cl)cc2)N1Cl. The molecule has 0 aromatic heterocycles. The summed E-state index contributed by atoms with van der Waals surface area (Å²) in [6, 6.07) is 7.47. The first kappa shape index (κ1) is 22.7. The molecule has 0 saturated carbocycles. The van der Waals surface area contributed by atoms with E-state index in [1.54, 1.807) is 16.6 Å². The number of benzene rings is 1. The Bertz CT molecular complexity index is 692. The largest absolute Gasteiger partial charge is 0.494 e. The molecule has 0 spiro atoms. The molecule has 1 aromatic rings. The molecule has 0 radical (unpaired) electrons. The Hall–Kier alpha value is -0.990. The molecule has 1 atom stereocenters. The van der Waals surface area contributed by atoms with Crippen molar-refractivity contribution >= 4 is 35.5 Å². The third kappa shape index (κ3) is 5.79. The molecule has 162 valence electrons. The molecule has 1 aromatic carbocycles. The van der Waals surface area contributed by atoms with Gasteiger partial charge in [0.2, 0.25) is 0 Å². The van der Waals surface area contributed by atoms with E-state index in [1.807, 2.05) is 24.3 Å². The quantitative estimate of drug-likeness (QED) is 0.279. The molecule has 0 saturated heterocycles. The summed E-state index contributed by atoms with van der Waals surface area (Å²) in [5, 5.41) is 12.8. The summed E-state index contributed by atoms with van der Waals surface area (Å²) in [5.41, 5.74) is 0.977. The summed E-state index contributed by atoms with van der Waals surface area (Å²) in [4.78, 5) is 0. The number of hydroxylamine groups is 2. The van der Waals surface area contributed by atoms with Crippen LogP contribution in [0.15, 0.2) is 35.8 Å². The number of rotatable bonds is 10. The summed E-state index contributed by atoms with van der Waals surface area (Å²) >= 11 is 14.0. The molecule has 3 rings (SSSR count). The third-order valence-corrected chi connectivity index (χ3v) is 6.65. The molecule has 0 bridgehead atoms. The van der Waals surface area contributed by atoms with Crippen molar-refractivity contribution in [1.82, 2.24) is 18.1 Å². The number of ether oxygens (including phenoxy) is 1. The fourth-order valence-electron chi connectivity index (χ4n) is 3.56. The molecule has 0 amide bonds. The Morgan fingerprint density at radius 3 is 2.62 bits per heavy atom. The zero-order chi connectivity index (χ0) is 20.8. The topological polar surface area (TPSA) is 42.4 Å². The summed E-state index contributed by atoms with van der Waals surface area (Å²) in [5.74, 6) is 1.70. The number of halogens is 2. The van der Waals surface area contributed by atoms with Gasteiger partial charge in [-0.15, -0.1) is 0 Å². The minimum atomic E-state index is -0.189. The number of hydrogen-bond donors (Lipinski definition) is 1. The fraction of sp³-hybridized carbons (Fsp3) is 0.600. The monoisotopic (exact) mass is 460 g/mol. The maximum Gasteiger partial charge on any atom is 0.164 e. The normalized spacial score (nSPS) is 19.9. The van der Waals surface area contributed by atoms with Gasteiger partial charge >= 0.3 is 0 Å². The van der Waals surface area contributed by atoms with E-state index in [9.17, 15) is 5.21 Å². The van der Waals surface area contributed by atoms with E-state index in [2.05, 4.69) is 22.6 Å². The lowest BCUT2D eigenvalue weighted by molar-refractivity contribution is -0.116. The van der Waals surface area contributed by atoms with Gasteiger partial charge in [0.05, 0.1) is 18.8 Å². The predicted molar refractivity (Wildman–Crippen MR) is 119 cm³/mol. The first-order chi connectivity index (χ1) is 14.0. The minimum Gasteiger partial charge on any atom is -0.494 e. The van der Waals surface area contributed by atoms with E-state index in [4.69, 9.17) is 28.1 Å². The van der Waals surface area contributed by atoms with Crippen LogP contribution in [0.3, 0.4) is 0 Å². The Labute approximate surface area is 188 Å². The molecule has 0 fully saturated rings. The first-order valence-electron chi connectivity index (χ1n) is 10.2. The molecular weight excluding hydrogens is 431 g/mol. The van der Waals surface area contributed by atoms with Gasteiger partial charge in [0, 0.05) is 35.5 Å². The molecule has 2 heterocycles. The number of hydrogen-bond acceptors (Lipinski definition) is 7. The van der Waals surface area contributed by atoms with Crippen molar-refractivity contribution in [3.8, 4) is 5.75 Å². The Morgan fingerprint density at radius 1 is 1.17 bits per heavy atom. The molecule has 2 aliphatic heterocycles. The summed E-state index contributed by atoms with van der Waals surface area (Å²) in [6.07, 6.45) is 5.89. The van der Waals surface area contributed by atoms with Gasteiger partial charge in [0.1, 0.15) is 11.9 Å². The zero-order valence-corrected chi connectivity index (χ0v) is 19.4. The number of likely N-dealkylation sites (N-methyl/N-ethyl adjacent to an activating group) is 1. The van der Waals surface area contributed by atoms with E-state index in [0.717, 1.165) is 73.9 Å². The van der Waals surface area contributed by atoms with Crippen LogP contribution in [0.4, 0.5) is 0 Å². The molecule has 6 nitrogen and oxygen atoms in total. The third-order valence-electron chi connectivity index (χ3n) is 5.01. The Balaban J connectivity index is 1.41. The molecule has 9 heteroatoms. The van der Waals surface area contributed by atoms with Crippen LogP contribution in [0.25, 0.3) is 0 Å². The van der Waals surface area contributed by atoms with Gasteiger partial charge in [-0.1, -0.05) is 37.8 Å². The van der Waals surface area contributed by atoms with E-state index >= 15 is 0 Å². The second-order valence-corrected chi connectivity index (χ2v) is 9.41. The van der Waals surface area contributed by atoms with E-state index < -0.39 is 0 Å². The van der Waals surface area contributed by atoms with Crippen molar-refractivity contribution in [2.45, 2.75) is 51.6 Å². The fourth-order valence-corrected chi connectivity index (χ4v) is 4.99. The van der Waals surface area contributed by atoms with Crippen molar-refractivity contribution in [3.05, 3.63) is 40.8 Å². The van der Waals surface area contributed by atoms with Crippen molar-refractivity contribution in [1.29, 1.82) is 0 Å². The van der Waals surface area contributed by atoms with Crippen molar-refractivity contribution in [2.75, 3.05) is 26.7 Å². The molecule has 2 aliphatic rings. The van der Waals surface area contributed by atoms with Crippen molar-refractivity contribution in [2.24, 2.45) is 0 Å². The predicted octanol–water partition coefficient (Wildman–Crippen LogP) is 5.55. The number of unbranched alkanes of at least 4 members (excludes halogenated alkanes) is 3. The van der Waals surface area contributed by atoms with Gasteiger partial charge < -0.3 is 4.74 Å². The van der Waals surface area contributed by atoms with E-state index in [0.29, 0.717) is 6.61 Å².